The molecule has 0 atom stereocenters. The van der Waals surface area contributed by atoms with Crippen molar-refractivity contribution >= 4 is 29.9 Å². The number of nitrogens with zero attached hydrogens (tertiary/aromatic N) is 4. The third kappa shape index (κ3) is 6.09. The Morgan fingerprint density at radius 3 is 2.64 bits per heavy atom. The van der Waals surface area contributed by atoms with Crippen molar-refractivity contribution in [1.29, 1.82) is 0 Å². The minimum absolute atomic E-state index is 0. The van der Waals surface area contributed by atoms with E-state index in [2.05, 4.69) is 87.3 Å². The van der Waals surface area contributed by atoms with Crippen molar-refractivity contribution in [3.05, 3.63) is 89.5 Å². The van der Waals surface area contributed by atoms with Gasteiger partial charge in [0.2, 0.25) is 0 Å². The first-order chi connectivity index (χ1) is 13.2. The number of aliphatic imine (C=N–C) groups is 1. The lowest BCUT2D eigenvalue weighted by molar-refractivity contribution is 0.475. The van der Waals surface area contributed by atoms with Gasteiger partial charge in [-0.1, -0.05) is 48.5 Å². The smallest absolute Gasteiger partial charge is 0.193 e. The lowest BCUT2D eigenvalue weighted by Gasteiger charge is -2.23. The van der Waals surface area contributed by atoms with Gasteiger partial charge in [0.15, 0.2) is 5.96 Å². The SMILES string of the molecule is CN=C(NCc1cccc(Cn2ccnc2)c1)N(C)Cc1ccccc1C.I. The van der Waals surface area contributed by atoms with E-state index < -0.39 is 0 Å². The van der Waals surface area contributed by atoms with Gasteiger partial charge in [-0.05, 0) is 29.2 Å². The normalized spacial score (nSPS) is 11.0. The second-order valence-electron chi connectivity index (χ2n) is 6.74. The van der Waals surface area contributed by atoms with E-state index in [1.807, 2.05) is 19.6 Å². The van der Waals surface area contributed by atoms with Crippen LogP contribution in [0, 0.1) is 6.92 Å². The summed E-state index contributed by atoms with van der Waals surface area (Å²) in [4.78, 5) is 10.7. The van der Waals surface area contributed by atoms with Crippen LogP contribution in [0.5, 0.6) is 0 Å². The van der Waals surface area contributed by atoms with Crippen molar-refractivity contribution in [3.8, 4) is 0 Å². The topological polar surface area (TPSA) is 45.5 Å². The molecule has 0 saturated carbocycles. The maximum Gasteiger partial charge on any atom is 0.193 e. The summed E-state index contributed by atoms with van der Waals surface area (Å²) in [5.41, 5.74) is 5.10. The molecule has 0 spiro atoms. The highest BCUT2D eigenvalue weighted by Gasteiger charge is 2.08. The molecule has 0 aliphatic carbocycles. The molecule has 3 rings (SSSR count). The second-order valence-corrected chi connectivity index (χ2v) is 6.74. The van der Waals surface area contributed by atoms with Crippen molar-refractivity contribution in [2.24, 2.45) is 4.99 Å². The number of hydrogen-bond donors (Lipinski definition) is 1. The highest BCUT2D eigenvalue weighted by atomic mass is 127. The summed E-state index contributed by atoms with van der Waals surface area (Å²) < 4.78 is 2.07. The molecule has 0 radical (unpaired) electrons. The highest BCUT2D eigenvalue weighted by Crippen LogP contribution is 2.10. The highest BCUT2D eigenvalue weighted by molar-refractivity contribution is 14.0. The van der Waals surface area contributed by atoms with Crippen molar-refractivity contribution in [1.82, 2.24) is 19.8 Å². The molecule has 3 aromatic rings. The molecule has 5 nitrogen and oxygen atoms in total. The predicted molar refractivity (Wildman–Crippen MR) is 126 cm³/mol. The Bertz CT molecular complexity index is 889. The van der Waals surface area contributed by atoms with Gasteiger partial charge in [0, 0.05) is 46.1 Å². The molecule has 0 saturated heterocycles. The number of aryl methyl sites for hydroxylation is 1. The number of hydrogen-bond acceptors (Lipinski definition) is 2. The molecule has 6 heteroatoms. The first-order valence-electron chi connectivity index (χ1n) is 9.15. The number of nitrogens with one attached hydrogen (secondary N) is 1. The average Bonchev–Trinajstić information content (AvgIpc) is 3.17. The van der Waals surface area contributed by atoms with Crippen LogP contribution in [0.1, 0.15) is 22.3 Å². The predicted octanol–water partition coefficient (Wildman–Crippen LogP) is 4.07. The van der Waals surface area contributed by atoms with Crippen molar-refractivity contribution < 1.29 is 0 Å². The maximum absolute atomic E-state index is 4.43. The lowest BCUT2D eigenvalue weighted by atomic mass is 10.1. The summed E-state index contributed by atoms with van der Waals surface area (Å²) >= 11 is 0. The van der Waals surface area contributed by atoms with Gasteiger partial charge in [-0.25, -0.2) is 4.98 Å². The van der Waals surface area contributed by atoms with Gasteiger partial charge >= 0.3 is 0 Å². The van der Waals surface area contributed by atoms with E-state index in [0.29, 0.717) is 0 Å². The Morgan fingerprint density at radius 2 is 1.93 bits per heavy atom. The molecule has 0 aliphatic heterocycles. The van der Waals surface area contributed by atoms with Crippen LogP contribution in [-0.4, -0.2) is 34.5 Å². The molecule has 1 heterocycles. The van der Waals surface area contributed by atoms with E-state index >= 15 is 0 Å². The molecule has 148 valence electrons. The zero-order valence-corrected chi connectivity index (χ0v) is 19.0. The van der Waals surface area contributed by atoms with Crippen LogP contribution in [0.25, 0.3) is 0 Å². The number of halogens is 1. The average molecular weight is 489 g/mol. The van der Waals surface area contributed by atoms with E-state index in [1.165, 1.54) is 22.3 Å². The van der Waals surface area contributed by atoms with E-state index in [9.17, 15) is 0 Å². The van der Waals surface area contributed by atoms with Gasteiger partial charge in [-0.3, -0.25) is 4.99 Å². The number of guanidine groups is 1. The van der Waals surface area contributed by atoms with Gasteiger partial charge < -0.3 is 14.8 Å². The monoisotopic (exact) mass is 489 g/mol. The molecule has 0 amide bonds. The molecule has 28 heavy (non-hydrogen) atoms. The first-order valence-corrected chi connectivity index (χ1v) is 9.15. The second kappa shape index (κ2) is 10.8. The molecule has 1 N–H and O–H groups in total. The quantitative estimate of drug-likeness (QED) is 0.323. The Balaban J connectivity index is 0.00000280. The standard InChI is InChI=1S/C22H27N5.HI/c1-18-7-4-5-10-21(18)16-26(3)22(23-2)25-14-19-8-6-9-20(13-19)15-27-12-11-24-17-27;/h4-13,17H,14-16H2,1-3H3,(H,23,25);1H. The number of aromatic nitrogens is 2. The molecule has 0 aliphatic rings. The van der Waals surface area contributed by atoms with E-state index in [1.54, 1.807) is 6.20 Å². The van der Waals surface area contributed by atoms with Crippen molar-refractivity contribution in [2.45, 2.75) is 26.6 Å². The molecule has 0 unspecified atom stereocenters. The third-order valence-electron chi connectivity index (χ3n) is 4.61. The third-order valence-corrected chi connectivity index (χ3v) is 4.61. The minimum Gasteiger partial charge on any atom is -0.352 e. The van der Waals surface area contributed by atoms with Crippen LogP contribution in [-0.2, 0) is 19.6 Å². The minimum atomic E-state index is 0. The molecular weight excluding hydrogens is 461 g/mol. The van der Waals surface area contributed by atoms with E-state index in [4.69, 9.17) is 0 Å². The van der Waals surface area contributed by atoms with Gasteiger partial charge in [0.1, 0.15) is 0 Å². The molecule has 0 fully saturated rings. The Hall–Kier alpha value is -2.35. The van der Waals surface area contributed by atoms with Crippen LogP contribution < -0.4 is 5.32 Å². The summed E-state index contributed by atoms with van der Waals surface area (Å²) in [5, 5.41) is 3.47. The van der Waals surface area contributed by atoms with Gasteiger partial charge in [-0.2, -0.15) is 0 Å². The summed E-state index contributed by atoms with van der Waals surface area (Å²) in [6, 6.07) is 17.1. The van der Waals surface area contributed by atoms with Crippen molar-refractivity contribution in [2.75, 3.05) is 14.1 Å². The van der Waals surface area contributed by atoms with Crippen LogP contribution >= 0.6 is 24.0 Å². The number of benzene rings is 2. The fourth-order valence-corrected chi connectivity index (χ4v) is 3.11. The first kappa shape index (κ1) is 21.9. The molecule has 1 aromatic heterocycles. The zero-order valence-electron chi connectivity index (χ0n) is 16.7. The van der Waals surface area contributed by atoms with E-state index in [-0.39, 0.29) is 24.0 Å². The van der Waals surface area contributed by atoms with Crippen molar-refractivity contribution in [3.63, 3.8) is 0 Å². The summed E-state index contributed by atoms with van der Waals surface area (Å²) in [7, 11) is 3.89. The number of rotatable bonds is 6. The largest absolute Gasteiger partial charge is 0.352 e. The molecule has 2 aromatic carbocycles. The fraction of sp³-hybridized carbons (Fsp3) is 0.273. The van der Waals surface area contributed by atoms with Crippen LogP contribution in [0.15, 0.2) is 72.2 Å². The van der Waals surface area contributed by atoms with Gasteiger partial charge in [0.25, 0.3) is 0 Å². The lowest BCUT2D eigenvalue weighted by Crippen LogP contribution is -2.38. The van der Waals surface area contributed by atoms with Gasteiger partial charge in [-0.15, -0.1) is 24.0 Å². The molecule has 0 bridgehead atoms. The summed E-state index contributed by atoms with van der Waals surface area (Å²) in [6.07, 6.45) is 5.63. The maximum atomic E-state index is 4.43. The summed E-state index contributed by atoms with van der Waals surface area (Å²) in [6.45, 7) is 4.54. The van der Waals surface area contributed by atoms with Crippen LogP contribution in [0.4, 0.5) is 0 Å². The Kier molecular flexibility index (Phi) is 8.50. The fourth-order valence-electron chi connectivity index (χ4n) is 3.11. The van der Waals surface area contributed by atoms with Gasteiger partial charge in [0.05, 0.1) is 6.33 Å². The summed E-state index contributed by atoms with van der Waals surface area (Å²) in [5.74, 6) is 0.887. The Morgan fingerprint density at radius 1 is 1.14 bits per heavy atom. The molecular formula is C22H28IN5. The van der Waals surface area contributed by atoms with Crippen LogP contribution in [0.2, 0.25) is 0 Å². The Labute approximate surface area is 184 Å². The number of imidazole rings is 1. The van der Waals surface area contributed by atoms with Crippen LogP contribution in [0.3, 0.4) is 0 Å². The zero-order chi connectivity index (χ0) is 19.1. The van der Waals surface area contributed by atoms with E-state index in [0.717, 1.165) is 25.6 Å².